The molecule has 2 aromatic carbocycles. The van der Waals surface area contributed by atoms with Gasteiger partial charge in [0.05, 0.1) is 24.8 Å². The number of fused-ring (bicyclic) bond motifs is 3. The van der Waals surface area contributed by atoms with Crippen LogP contribution in [0.1, 0.15) is 60.8 Å². The van der Waals surface area contributed by atoms with Crippen molar-refractivity contribution >= 4 is 34.0 Å². The summed E-state index contributed by atoms with van der Waals surface area (Å²) in [6, 6.07) is 6.34. The summed E-state index contributed by atoms with van der Waals surface area (Å²) in [5, 5.41) is 7.02. The first-order valence-electron chi connectivity index (χ1n) is 12.4. The normalized spacial score (nSPS) is 16.3. The number of nitrogens with one attached hydrogen (secondary N) is 2. The molecule has 1 amide bonds. The molecule has 1 saturated heterocycles. The number of anilines is 3. The quantitative estimate of drug-likeness (QED) is 0.481. The summed E-state index contributed by atoms with van der Waals surface area (Å²) < 4.78 is 32.8. The number of hydrogen-bond donors (Lipinski definition) is 2. The van der Waals surface area contributed by atoms with Crippen molar-refractivity contribution in [1.29, 1.82) is 0 Å². The van der Waals surface area contributed by atoms with E-state index < -0.39 is 6.43 Å². The fraction of sp³-hybridized carbons (Fsp3) is 0.444. The van der Waals surface area contributed by atoms with E-state index >= 15 is 0 Å². The largest absolute Gasteiger partial charge is 0.378 e. The number of alkyl halides is 2. The van der Waals surface area contributed by atoms with Gasteiger partial charge in [0.15, 0.2) is 0 Å². The third-order valence-electron chi connectivity index (χ3n) is 6.91. The Bertz CT molecular complexity index is 1310. The zero-order valence-electron chi connectivity index (χ0n) is 20.8. The molecule has 36 heavy (non-hydrogen) atoms. The van der Waals surface area contributed by atoms with Crippen molar-refractivity contribution in [3.63, 3.8) is 0 Å². The molecule has 1 atom stereocenters. The van der Waals surface area contributed by atoms with Crippen molar-refractivity contribution in [2.45, 2.75) is 52.5 Å². The van der Waals surface area contributed by atoms with E-state index in [1.54, 1.807) is 6.07 Å². The maximum absolute atomic E-state index is 13.6. The van der Waals surface area contributed by atoms with E-state index in [-0.39, 0.29) is 17.5 Å². The van der Waals surface area contributed by atoms with Gasteiger partial charge in [0.2, 0.25) is 5.91 Å². The summed E-state index contributed by atoms with van der Waals surface area (Å²) in [7, 11) is 0. The van der Waals surface area contributed by atoms with Gasteiger partial charge in [0.1, 0.15) is 11.6 Å². The Morgan fingerprint density at radius 1 is 1.06 bits per heavy atom. The fourth-order valence-corrected chi connectivity index (χ4v) is 5.27. The van der Waals surface area contributed by atoms with Gasteiger partial charge in [0, 0.05) is 42.3 Å². The van der Waals surface area contributed by atoms with Gasteiger partial charge in [-0.2, -0.15) is 0 Å². The Labute approximate surface area is 209 Å². The van der Waals surface area contributed by atoms with E-state index in [0.717, 1.165) is 43.3 Å². The number of benzene rings is 2. The lowest BCUT2D eigenvalue weighted by atomic mass is 10.0. The molecule has 2 aliphatic rings. The first-order valence-corrected chi connectivity index (χ1v) is 12.4. The van der Waals surface area contributed by atoms with Crippen molar-refractivity contribution in [3.8, 4) is 0 Å². The average Bonchev–Trinajstić information content (AvgIpc) is 3.34. The summed E-state index contributed by atoms with van der Waals surface area (Å²) in [5.74, 6) is 1.03. The van der Waals surface area contributed by atoms with Crippen molar-refractivity contribution in [3.05, 3.63) is 52.3 Å². The molecule has 0 unspecified atom stereocenters. The maximum atomic E-state index is 13.6. The average molecular weight is 496 g/mol. The number of carbonyl (C=O) groups is 1. The molecule has 1 aliphatic heterocycles. The maximum Gasteiger partial charge on any atom is 0.263 e. The van der Waals surface area contributed by atoms with Crippen LogP contribution in [-0.4, -0.2) is 42.2 Å². The lowest BCUT2D eigenvalue weighted by Gasteiger charge is -2.31. The second kappa shape index (κ2) is 9.97. The zero-order valence-corrected chi connectivity index (χ0v) is 20.8. The molecule has 5 rings (SSSR count). The summed E-state index contributed by atoms with van der Waals surface area (Å²) in [5.41, 5.74) is 5.67. The van der Waals surface area contributed by atoms with Crippen LogP contribution >= 0.6 is 0 Å². The van der Waals surface area contributed by atoms with Crippen molar-refractivity contribution < 1.29 is 18.3 Å². The number of morpholine rings is 1. The molecule has 0 radical (unpaired) electrons. The Hall–Kier alpha value is -3.33. The van der Waals surface area contributed by atoms with Gasteiger partial charge in [-0.25, -0.2) is 18.7 Å². The Balaban J connectivity index is 1.56. The molecule has 3 aromatic rings. The van der Waals surface area contributed by atoms with E-state index in [0.29, 0.717) is 36.1 Å². The summed E-state index contributed by atoms with van der Waals surface area (Å²) in [6.07, 6.45) is 0.462. The lowest BCUT2D eigenvalue weighted by Crippen LogP contribution is -2.36. The van der Waals surface area contributed by atoms with Crippen LogP contribution in [0.25, 0.3) is 10.9 Å². The molecule has 1 aromatic heterocycles. The molecule has 0 spiro atoms. The minimum Gasteiger partial charge on any atom is -0.378 e. The molecule has 2 heterocycles. The van der Waals surface area contributed by atoms with Gasteiger partial charge in [0.25, 0.3) is 6.43 Å². The van der Waals surface area contributed by atoms with E-state index in [2.05, 4.69) is 21.6 Å². The summed E-state index contributed by atoms with van der Waals surface area (Å²) >= 11 is 0. The SMILES string of the molecule is CC(=O)Nc1cc(C(F)F)cc([C@@H](C)Nc2nc(C)nc3c4c(c(N5CCOCC5)cc23)CCC4)c1. The number of hydrogen-bond acceptors (Lipinski definition) is 6. The highest BCUT2D eigenvalue weighted by Gasteiger charge is 2.26. The predicted octanol–water partition coefficient (Wildman–Crippen LogP) is 5.33. The third-order valence-corrected chi connectivity index (χ3v) is 6.91. The first-order chi connectivity index (χ1) is 17.3. The third kappa shape index (κ3) is 4.84. The highest BCUT2D eigenvalue weighted by Crippen LogP contribution is 2.40. The molecule has 1 aliphatic carbocycles. The minimum atomic E-state index is -2.65. The number of amides is 1. The van der Waals surface area contributed by atoms with Gasteiger partial charge >= 0.3 is 0 Å². The topological polar surface area (TPSA) is 79.4 Å². The van der Waals surface area contributed by atoms with Crippen LogP contribution in [0.5, 0.6) is 0 Å². The van der Waals surface area contributed by atoms with Crippen molar-refractivity contribution in [1.82, 2.24) is 9.97 Å². The first kappa shape index (κ1) is 24.4. The van der Waals surface area contributed by atoms with Gasteiger partial charge in [-0.3, -0.25) is 4.79 Å². The second-order valence-corrected chi connectivity index (χ2v) is 9.56. The van der Waals surface area contributed by atoms with E-state index in [1.807, 2.05) is 13.8 Å². The van der Waals surface area contributed by atoms with Crippen LogP contribution in [0.4, 0.5) is 26.0 Å². The van der Waals surface area contributed by atoms with Gasteiger partial charge in [-0.1, -0.05) is 0 Å². The lowest BCUT2D eigenvalue weighted by molar-refractivity contribution is -0.114. The van der Waals surface area contributed by atoms with Gasteiger partial charge in [-0.15, -0.1) is 0 Å². The number of carbonyl (C=O) groups excluding carboxylic acids is 1. The molecule has 1 fully saturated rings. The number of aryl methyl sites for hydroxylation is 2. The molecule has 190 valence electrons. The Morgan fingerprint density at radius 3 is 2.50 bits per heavy atom. The fourth-order valence-electron chi connectivity index (χ4n) is 5.27. The van der Waals surface area contributed by atoms with Gasteiger partial charge in [-0.05, 0) is 74.1 Å². The van der Waals surface area contributed by atoms with Crippen LogP contribution in [0, 0.1) is 6.92 Å². The molecule has 2 N–H and O–H groups in total. The predicted molar refractivity (Wildman–Crippen MR) is 137 cm³/mol. The highest BCUT2D eigenvalue weighted by atomic mass is 19.3. The standard InChI is InChI=1S/C27H31F2N5O2/c1-15(18-11-19(26(28)29)13-20(12-18)33-17(3)35)30-27-23-14-24(34-7-9-36-10-8-34)21-5-4-6-22(21)25(23)31-16(2)32-27/h11-15,26H,4-10H2,1-3H3,(H,33,35)(H,30,31,32)/t15-/m1/s1. The number of aromatic nitrogens is 2. The Kier molecular flexibility index (Phi) is 6.75. The molecular formula is C27H31F2N5O2. The van der Waals surface area contributed by atoms with Crippen LogP contribution in [0.2, 0.25) is 0 Å². The molecular weight excluding hydrogens is 464 g/mol. The van der Waals surface area contributed by atoms with Crippen LogP contribution in [-0.2, 0) is 22.4 Å². The number of rotatable bonds is 6. The number of ether oxygens (including phenoxy) is 1. The van der Waals surface area contributed by atoms with Crippen molar-refractivity contribution in [2.75, 3.05) is 41.8 Å². The van der Waals surface area contributed by atoms with Crippen LogP contribution in [0.3, 0.4) is 0 Å². The molecule has 7 nitrogen and oxygen atoms in total. The highest BCUT2D eigenvalue weighted by molar-refractivity contribution is 5.96. The van der Waals surface area contributed by atoms with Gasteiger partial charge < -0.3 is 20.3 Å². The smallest absolute Gasteiger partial charge is 0.263 e. The van der Waals surface area contributed by atoms with Crippen molar-refractivity contribution in [2.24, 2.45) is 0 Å². The molecule has 9 heteroatoms. The number of halogens is 2. The Morgan fingerprint density at radius 2 is 1.78 bits per heavy atom. The molecule has 0 bridgehead atoms. The summed E-state index contributed by atoms with van der Waals surface area (Å²) in [4.78, 5) is 23.5. The summed E-state index contributed by atoms with van der Waals surface area (Å²) in [6.45, 7) is 8.23. The van der Waals surface area contributed by atoms with E-state index in [9.17, 15) is 13.6 Å². The van der Waals surface area contributed by atoms with E-state index in [4.69, 9.17) is 14.7 Å². The molecule has 0 saturated carbocycles. The number of nitrogens with zero attached hydrogens (tertiary/aromatic N) is 3. The van der Waals surface area contributed by atoms with E-state index in [1.165, 1.54) is 35.9 Å². The minimum absolute atomic E-state index is 0.138. The second-order valence-electron chi connectivity index (χ2n) is 9.56. The van der Waals surface area contributed by atoms with Crippen LogP contribution < -0.4 is 15.5 Å². The van der Waals surface area contributed by atoms with Crippen LogP contribution in [0.15, 0.2) is 24.3 Å². The monoisotopic (exact) mass is 495 g/mol. The zero-order chi connectivity index (χ0) is 25.4.